The van der Waals surface area contributed by atoms with Gasteiger partial charge in [-0.1, -0.05) is 30.3 Å². The van der Waals surface area contributed by atoms with Gasteiger partial charge in [0, 0.05) is 6.20 Å². The molecule has 3 aromatic rings. The quantitative estimate of drug-likeness (QED) is 0.790. The Morgan fingerprint density at radius 3 is 2.80 bits per heavy atom. The molecule has 0 bridgehead atoms. The molecule has 0 atom stereocenters. The fourth-order valence-electron chi connectivity index (χ4n) is 1.89. The van der Waals surface area contributed by atoms with E-state index in [1.165, 1.54) is 6.26 Å². The largest absolute Gasteiger partial charge is 0.459 e. The van der Waals surface area contributed by atoms with Gasteiger partial charge >= 0.3 is 0 Å². The maximum absolute atomic E-state index is 11.8. The molecule has 0 unspecified atom stereocenters. The van der Waals surface area contributed by atoms with Gasteiger partial charge in [0.25, 0.3) is 5.91 Å². The lowest BCUT2D eigenvalue weighted by molar-refractivity contribution is 0.0996. The number of hydrogen-bond acceptors (Lipinski definition) is 3. The molecule has 100 valence electrons. The van der Waals surface area contributed by atoms with E-state index in [4.69, 9.17) is 4.42 Å². The van der Waals surface area contributed by atoms with Crippen LogP contribution in [-0.4, -0.2) is 15.7 Å². The number of amides is 1. The molecule has 1 N–H and O–H groups in total. The van der Waals surface area contributed by atoms with Crippen molar-refractivity contribution in [1.82, 2.24) is 9.78 Å². The Morgan fingerprint density at radius 2 is 2.05 bits per heavy atom. The Morgan fingerprint density at radius 1 is 1.20 bits per heavy atom. The third kappa shape index (κ3) is 2.77. The number of aromatic nitrogens is 2. The maximum atomic E-state index is 11.8. The van der Waals surface area contributed by atoms with E-state index in [1.807, 2.05) is 30.3 Å². The van der Waals surface area contributed by atoms with Crippen molar-refractivity contribution < 1.29 is 9.21 Å². The SMILES string of the molecule is O=C(Nc1cnn(Cc2ccccc2)c1)c1ccco1. The Bertz CT molecular complexity index is 687. The van der Waals surface area contributed by atoms with Crippen molar-refractivity contribution in [2.45, 2.75) is 6.54 Å². The Hall–Kier alpha value is -2.82. The first kappa shape index (κ1) is 12.2. The summed E-state index contributed by atoms with van der Waals surface area (Å²) in [5, 5.41) is 6.95. The highest BCUT2D eigenvalue weighted by atomic mass is 16.3. The van der Waals surface area contributed by atoms with Crippen molar-refractivity contribution in [2.24, 2.45) is 0 Å². The minimum absolute atomic E-state index is 0.279. The number of anilines is 1. The van der Waals surface area contributed by atoms with Gasteiger partial charge in [-0.3, -0.25) is 9.48 Å². The van der Waals surface area contributed by atoms with Crippen LogP contribution in [0.4, 0.5) is 5.69 Å². The summed E-state index contributed by atoms with van der Waals surface area (Å²) in [5.41, 5.74) is 1.79. The summed E-state index contributed by atoms with van der Waals surface area (Å²) < 4.78 is 6.80. The highest BCUT2D eigenvalue weighted by molar-refractivity contribution is 6.02. The molecule has 5 nitrogen and oxygen atoms in total. The van der Waals surface area contributed by atoms with Gasteiger partial charge in [0.1, 0.15) is 0 Å². The molecule has 1 aromatic carbocycles. The van der Waals surface area contributed by atoms with Gasteiger partial charge in [-0.15, -0.1) is 0 Å². The van der Waals surface area contributed by atoms with Crippen LogP contribution in [0.15, 0.2) is 65.5 Å². The highest BCUT2D eigenvalue weighted by Gasteiger charge is 2.09. The summed E-state index contributed by atoms with van der Waals surface area (Å²) in [6.45, 7) is 0.664. The van der Waals surface area contributed by atoms with Gasteiger partial charge in [0.2, 0.25) is 0 Å². The van der Waals surface area contributed by atoms with E-state index >= 15 is 0 Å². The van der Waals surface area contributed by atoms with Crippen LogP contribution >= 0.6 is 0 Å². The highest BCUT2D eigenvalue weighted by Crippen LogP contribution is 2.10. The zero-order valence-electron chi connectivity index (χ0n) is 10.7. The smallest absolute Gasteiger partial charge is 0.291 e. The molecule has 0 saturated heterocycles. The summed E-state index contributed by atoms with van der Waals surface area (Å²) in [4.78, 5) is 11.8. The van der Waals surface area contributed by atoms with Gasteiger partial charge in [0.15, 0.2) is 5.76 Å². The number of carbonyl (C=O) groups is 1. The van der Waals surface area contributed by atoms with Gasteiger partial charge in [-0.05, 0) is 17.7 Å². The van der Waals surface area contributed by atoms with Crippen molar-refractivity contribution in [1.29, 1.82) is 0 Å². The summed E-state index contributed by atoms with van der Waals surface area (Å²) in [5.74, 6) is -0.00456. The molecule has 0 aliphatic carbocycles. The van der Waals surface area contributed by atoms with E-state index in [1.54, 1.807) is 29.2 Å². The zero-order chi connectivity index (χ0) is 13.8. The van der Waals surface area contributed by atoms with Crippen LogP contribution in [0, 0.1) is 0 Å². The number of carbonyl (C=O) groups excluding carboxylic acids is 1. The number of rotatable bonds is 4. The van der Waals surface area contributed by atoms with Gasteiger partial charge in [0.05, 0.1) is 24.7 Å². The molecule has 0 aliphatic heterocycles. The Labute approximate surface area is 115 Å². The van der Waals surface area contributed by atoms with Crippen molar-refractivity contribution in [2.75, 3.05) is 5.32 Å². The molecule has 2 heterocycles. The number of nitrogens with zero attached hydrogens (tertiary/aromatic N) is 2. The van der Waals surface area contributed by atoms with Crippen LogP contribution in [0.5, 0.6) is 0 Å². The lowest BCUT2D eigenvalue weighted by Gasteiger charge is -2.01. The maximum Gasteiger partial charge on any atom is 0.291 e. The Balaban J connectivity index is 1.67. The van der Waals surface area contributed by atoms with Crippen LogP contribution in [-0.2, 0) is 6.54 Å². The summed E-state index contributed by atoms with van der Waals surface area (Å²) in [7, 11) is 0. The minimum Gasteiger partial charge on any atom is -0.459 e. The molecule has 1 amide bonds. The first-order valence-corrected chi connectivity index (χ1v) is 6.22. The molecule has 3 rings (SSSR count). The summed E-state index contributed by atoms with van der Waals surface area (Å²) in [6.07, 6.45) is 4.87. The molecule has 0 spiro atoms. The summed E-state index contributed by atoms with van der Waals surface area (Å²) in [6, 6.07) is 13.3. The second-order valence-corrected chi connectivity index (χ2v) is 4.34. The molecule has 0 aliphatic rings. The third-order valence-corrected chi connectivity index (χ3v) is 2.82. The number of nitrogens with one attached hydrogen (secondary N) is 1. The van der Waals surface area contributed by atoms with E-state index in [0.29, 0.717) is 12.2 Å². The van der Waals surface area contributed by atoms with Crippen molar-refractivity contribution in [3.05, 3.63) is 72.4 Å². The van der Waals surface area contributed by atoms with E-state index in [-0.39, 0.29) is 11.7 Å². The first-order chi connectivity index (χ1) is 9.81. The fourth-order valence-corrected chi connectivity index (χ4v) is 1.89. The van der Waals surface area contributed by atoms with E-state index in [2.05, 4.69) is 10.4 Å². The Kier molecular flexibility index (Phi) is 3.33. The topological polar surface area (TPSA) is 60.1 Å². The molecular weight excluding hydrogens is 254 g/mol. The second kappa shape index (κ2) is 5.44. The molecule has 0 fully saturated rings. The van der Waals surface area contributed by atoms with Gasteiger partial charge in [-0.2, -0.15) is 5.10 Å². The molecule has 20 heavy (non-hydrogen) atoms. The molecule has 2 aromatic heterocycles. The van der Waals surface area contributed by atoms with Crippen LogP contribution < -0.4 is 5.32 Å². The monoisotopic (exact) mass is 267 g/mol. The normalized spacial score (nSPS) is 10.4. The summed E-state index contributed by atoms with van der Waals surface area (Å²) >= 11 is 0. The van der Waals surface area contributed by atoms with Crippen LogP contribution in [0.1, 0.15) is 16.1 Å². The lowest BCUT2D eigenvalue weighted by Crippen LogP contribution is -2.10. The third-order valence-electron chi connectivity index (χ3n) is 2.82. The minimum atomic E-state index is -0.283. The number of hydrogen-bond donors (Lipinski definition) is 1. The van der Waals surface area contributed by atoms with Crippen LogP contribution in [0.2, 0.25) is 0 Å². The number of benzene rings is 1. The molecule has 5 heteroatoms. The van der Waals surface area contributed by atoms with Gasteiger partial charge in [-0.25, -0.2) is 0 Å². The fraction of sp³-hybridized carbons (Fsp3) is 0.0667. The predicted octanol–water partition coefficient (Wildman–Crippen LogP) is 2.78. The van der Waals surface area contributed by atoms with E-state index in [9.17, 15) is 4.79 Å². The average molecular weight is 267 g/mol. The van der Waals surface area contributed by atoms with Crippen molar-refractivity contribution in [3.8, 4) is 0 Å². The standard InChI is InChI=1S/C15H13N3O2/c19-15(14-7-4-8-20-14)17-13-9-16-18(11-13)10-12-5-2-1-3-6-12/h1-9,11H,10H2,(H,17,19). The number of furan rings is 1. The molecular formula is C15H13N3O2. The van der Waals surface area contributed by atoms with Crippen molar-refractivity contribution in [3.63, 3.8) is 0 Å². The van der Waals surface area contributed by atoms with E-state index < -0.39 is 0 Å². The van der Waals surface area contributed by atoms with Crippen LogP contribution in [0.25, 0.3) is 0 Å². The predicted molar refractivity (Wildman–Crippen MR) is 74.4 cm³/mol. The molecule has 0 radical (unpaired) electrons. The van der Waals surface area contributed by atoms with E-state index in [0.717, 1.165) is 5.56 Å². The zero-order valence-corrected chi connectivity index (χ0v) is 10.7. The first-order valence-electron chi connectivity index (χ1n) is 6.22. The molecule has 0 saturated carbocycles. The lowest BCUT2D eigenvalue weighted by atomic mass is 10.2. The second-order valence-electron chi connectivity index (χ2n) is 4.34. The van der Waals surface area contributed by atoms with Crippen molar-refractivity contribution >= 4 is 11.6 Å². The van der Waals surface area contributed by atoms with Crippen LogP contribution in [0.3, 0.4) is 0 Å². The van der Waals surface area contributed by atoms with Gasteiger partial charge < -0.3 is 9.73 Å². The average Bonchev–Trinajstić information content (AvgIpc) is 3.11.